The molecule has 0 fully saturated rings. The van der Waals surface area contributed by atoms with Crippen molar-refractivity contribution >= 4 is 103 Å². The fourth-order valence-electron chi connectivity index (χ4n) is 4.32. The summed E-state index contributed by atoms with van der Waals surface area (Å²) in [5, 5.41) is 6.72. The Labute approximate surface area is 364 Å². The van der Waals surface area contributed by atoms with Crippen molar-refractivity contribution in [1.29, 1.82) is 0 Å². The van der Waals surface area contributed by atoms with E-state index in [1.807, 2.05) is 57.2 Å². The van der Waals surface area contributed by atoms with Crippen LogP contribution in [0, 0.1) is 0 Å². The molecule has 292 valence electrons. The minimum atomic E-state index is -4.42. The first-order valence-electron chi connectivity index (χ1n) is 15.8. The van der Waals surface area contributed by atoms with Crippen molar-refractivity contribution < 1.29 is 27.5 Å². The lowest BCUT2D eigenvalue weighted by atomic mass is 10.1. The van der Waals surface area contributed by atoms with E-state index in [1.54, 1.807) is 24.5 Å². The molecule has 0 atom stereocenters. The third-order valence-corrected chi connectivity index (χ3v) is 7.21. The predicted molar refractivity (Wildman–Crippen MR) is 236 cm³/mol. The van der Waals surface area contributed by atoms with Gasteiger partial charge in [0.05, 0.1) is 5.56 Å². The van der Waals surface area contributed by atoms with E-state index in [0.717, 1.165) is 52.5 Å². The van der Waals surface area contributed by atoms with Crippen LogP contribution in [0.25, 0.3) is 22.8 Å². The summed E-state index contributed by atoms with van der Waals surface area (Å²) < 4.78 is 43.5. The van der Waals surface area contributed by atoms with Gasteiger partial charge in [-0.15, -0.1) is 0 Å². The molecule has 2 amide bonds. The van der Waals surface area contributed by atoms with E-state index < -0.39 is 29.3 Å². The standard InChI is InChI=1S/C19H15ClF3N3O.C16H20ClN3O2.CHI3.CH4/c20-15-7-3-12(4-8-15)17-25-11-16(26-17)9-10-24-18(27)13-1-5-14(6-2-13)19(21,22)23;1-16(2,3)22-15(21)18-9-8-13-10-19-14(20-13)11-4-6-12(17)7-5-11;2-1(3)4;/h1-8,11H,9-10H2,(H,24,27)(H,25,26);4-7,10H,8-9H2,1-3H3,(H,18,21)(H,19,20);1H;1H4. The zero-order valence-electron chi connectivity index (χ0n) is 28.6. The van der Waals surface area contributed by atoms with Crippen molar-refractivity contribution in [3.05, 3.63) is 118 Å². The molecule has 0 saturated carbocycles. The Kier molecular flexibility index (Phi) is 20.1. The van der Waals surface area contributed by atoms with Crippen LogP contribution < -0.4 is 10.6 Å². The molecule has 5 aromatic rings. The van der Waals surface area contributed by atoms with E-state index >= 15 is 0 Å². The highest BCUT2D eigenvalue weighted by Gasteiger charge is 2.30. The summed E-state index contributed by atoms with van der Waals surface area (Å²) >= 11 is 18.7. The number of benzene rings is 3. The molecule has 9 nitrogen and oxygen atoms in total. The molecule has 2 heterocycles. The van der Waals surface area contributed by atoms with Gasteiger partial charge in [0.1, 0.15) is 17.2 Å². The second-order valence-electron chi connectivity index (χ2n) is 12.0. The van der Waals surface area contributed by atoms with Crippen molar-refractivity contribution in [2.24, 2.45) is 0 Å². The Bertz CT molecular complexity index is 1880. The number of rotatable bonds is 9. The Hall–Kier alpha value is -2.62. The molecule has 4 N–H and O–H groups in total. The second-order valence-corrected chi connectivity index (χ2v) is 23.8. The molecule has 5 rings (SSSR count). The zero-order valence-corrected chi connectivity index (χ0v) is 36.6. The molecule has 17 heteroatoms. The molecule has 0 radical (unpaired) electrons. The monoisotopic (exact) mass is 1120 g/mol. The number of carbonyl (C=O) groups is 2. The third kappa shape index (κ3) is 17.9. The van der Waals surface area contributed by atoms with Gasteiger partial charge in [-0.05, 0) is 93.6 Å². The van der Waals surface area contributed by atoms with E-state index in [-0.39, 0.29) is 13.0 Å². The Morgan fingerprint density at radius 1 is 0.741 bits per heavy atom. The smallest absolute Gasteiger partial charge is 0.416 e. The molecule has 0 saturated heterocycles. The molecule has 2 aromatic heterocycles. The molecule has 0 bridgehead atoms. The quantitative estimate of drug-likeness (QED) is 0.0864. The van der Waals surface area contributed by atoms with E-state index in [1.165, 1.54) is 0 Å². The SMILES string of the molecule is C.CC(C)(C)OC(=O)NCCc1cnc(-c2ccc(Cl)cc2)[nH]1.IC(I)I.O=C(NCCc1cnc(-c2ccc(Cl)cc2)[nH]1)c1ccc(C(F)(F)F)cc1. The van der Waals surface area contributed by atoms with Crippen molar-refractivity contribution in [1.82, 2.24) is 30.6 Å². The van der Waals surface area contributed by atoms with Crippen LogP contribution in [0.1, 0.15) is 55.5 Å². The van der Waals surface area contributed by atoms with Crippen LogP contribution in [0.15, 0.2) is 85.2 Å². The highest BCUT2D eigenvalue weighted by atomic mass is 127. The van der Waals surface area contributed by atoms with E-state index in [2.05, 4.69) is 98.3 Å². The van der Waals surface area contributed by atoms with E-state index in [9.17, 15) is 22.8 Å². The average molecular weight is 1130 g/mol. The maximum absolute atomic E-state index is 12.5. The van der Waals surface area contributed by atoms with Crippen LogP contribution in [0.3, 0.4) is 0 Å². The van der Waals surface area contributed by atoms with Crippen molar-refractivity contribution in [2.75, 3.05) is 13.1 Å². The fourth-order valence-corrected chi connectivity index (χ4v) is 4.57. The van der Waals surface area contributed by atoms with Crippen molar-refractivity contribution in [3.8, 4) is 22.8 Å². The van der Waals surface area contributed by atoms with Gasteiger partial charge in [-0.2, -0.15) is 13.2 Å². The largest absolute Gasteiger partial charge is 0.444 e. The second kappa shape index (κ2) is 22.8. The third-order valence-electron chi connectivity index (χ3n) is 6.71. The van der Waals surface area contributed by atoms with Gasteiger partial charge in [-0.3, -0.25) is 4.79 Å². The van der Waals surface area contributed by atoms with Crippen LogP contribution in [0.4, 0.5) is 18.0 Å². The normalized spacial score (nSPS) is 11.0. The van der Waals surface area contributed by atoms with Crippen LogP contribution in [0.5, 0.6) is 0 Å². The lowest BCUT2D eigenvalue weighted by Crippen LogP contribution is -2.33. The molecule has 0 aliphatic carbocycles. The number of imidazole rings is 2. The number of hydrogen-bond acceptors (Lipinski definition) is 5. The molecular weight excluding hydrogens is 1090 g/mol. The Balaban J connectivity index is 0.000000340. The number of halogens is 8. The van der Waals surface area contributed by atoms with Gasteiger partial charge < -0.3 is 25.3 Å². The molecule has 0 spiro atoms. The van der Waals surface area contributed by atoms with Gasteiger partial charge in [0.2, 0.25) is 0 Å². The summed E-state index contributed by atoms with van der Waals surface area (Å²) in [4.78, 5) is 38.6. The van der Waals surface area contributed by atoms with Gasteiger partial charge >= 0.3 is 12.3 Å². The van der Waals surface area contributed by atoms with Crippen molar-refractivity contribution in [2.45, 2.75) is 52.8 Å². The lowest BCUT2D eigenvalue weighted by molar-refractivity contribution is -0.137. The summed E-state index contributed by atoms with van der Waals surface area (Å²) in [6.07, 6.45) is -0.232. The topological polar surface area (TPSA) is 125 Å². The number of H-pyrrole nitrogens is 2. The number of nitrogens with one attached hydrogen (secondary N) is 4. The molecular formula is C37H40Cl2F3I3N6O3. The number of alkyl halides is 6. The summed E-state index contributed by atoms with van der Waals surface area (Å²) in [5.74, 6) is 1.04. The Morgan fingerprint density at radius 2 is 1.15 bits per heavy atom. The predicted octanol–water partition coefficient (Wildman–Crippen LogP) is 11.7. The summed E-state index contributed by atoms with van der Waals surface area (Å²) in [7, 11) is 0. The van der Waals surface area contributed by atoms with E-state index in [0.29, 0.717) is 41.8 Å². The number of carbonyl (C=O) groups excluding carboxylic acids is 2. The number of aromatic amines is 2. The minimum absolute atomic E-state index is 0. The van der Waals surface area contributed by atoms with Gasteiger partial charge in [-0.1, -0.05) is 98.4 Å². The maximum Gasteiger partial charge on any atom is 0.416 e. The van der Waals surface area contributed by atoms with Crippen LogP contribution >= 0.6 is 91.0 Å². The van der Waals surface area contributed by atoms with Crippen LogP contribution in [-0.2, 0) is 23.8 Å². The fraction of sp³-hybridized carbons (Fsp3) is 0.297. The Morgan fingerprint density at radius 3 is 1.54 bits per heavy atom. The molecule has 54 heavy (non-hydrogen) atoms. The maximum atomic E-state index is 12.5. The molecule has 0 aliphatic heterocycles. The number of amides is 2. The van der Waals surface area contributed by atoms with Crippen LogP contribution in [-0.4, -0.2) is 50.6 Å². The lowest BCUT2D eigenvalue weighted by Gasteiger charge is -2.19. The van der Waals surface area contributed by atoms with Gasteiger partial charge in [-0.25, -0.2) is 14.8 Å². The van der Waals surface area contributed by atoms with Crippen molar-refractivity contribution in [3.63, 3.8) is 0 Å². The average Bonchev–Trinajstić information content (AvgIpc) is 3.75. The summed E-state index contributed by atoms with van der Waals surface area (Å²) in [6.45, 7) is 6.30. The summed E-state index contributed by atoms with van der Waals surface area (Å²) in [6, 6.07) is 18.8. The molecule has 0 unspecified atom stereocenters. The molecule has 0 aliphatic rings. The van der Waals surface area contributed by atoms with Gasteiger partial charge in [0, 0.05) is 76.4 Å². The van der Waals surface area contributed by atoms with E-state index in [4.69, 9.17) is 27.9 Å². The zero-order chi connectivity index (χ0) is 39.2. The first-order valence-corrected chi connectivity index (χ1v) is 20.3. The first-order chi connectivity index (χ1) is 24.9. The number of nitrogens with zero attached hydrogens (tertiary/aromatic N) is 2. The highest BCUT2D eigenvalue weighted by Crippen LogP contribution is 2.29. The number of ether oxygens (including phenoxy) is 1. The van der Waals surface area contributed by atoms with Crippen LogP contribution in [0.2, 0.25) is 10.0 Å². The first kappa shape index (κ1) is 47.5. The number of alkyl carbamates (subject to hydrolysis) is 1. The van der Waals surface area contributed by atoms with Gasteiger partial charge in [0.25, 0.3) is 5.91 Å². The molecule has 3 aromatic carbocycles. The number of hydrogen-bond donors (Lipinski definition) is 4. The minimum Gasteiger partial charge on any atom is -0.444 e. The summed E-state index contributed by atoms with van der Waals surface area (Å²) in [5.41, 5.74) is 2.53. The number of aromatic nitrogens is 4. The highest BCUT2D eigenvalue weighted by molar-refractivity contribution is 14.3. The van der Waals surface area contributed by atoms with Gasteiger partial charge in [0.15, 0.2) is 0 Å².